The van der Waals surface area contributed by atoms with Crippen molar-refractivity contribution in [3.05, 3.63) is 10.0 Å². The highest BCUT2D eigenvalue weighted by Gasteiger charge is 2.12. The Kier molecular flexibility index (Phi) is 3.94. The van der Waals surface area contributed by atoms with Gasteiger partial charge in [-0.05, 0) is 35.4 Å². The van der Waals surface area contributed by atoms with E-state index in [2.05, 4.69) is 37.7 Å². The number of carboxylic acid groups (broad SMARTS) is 1. The number of halogens is 1. The van der Waals surface area contributed by atoms with Gasteiger partial charge in [0.05, 0.1) is 5.39 Å². The van der Waals surface area contributed by atoms with Crippen molar-refractivity contribution in [1.29, 1.82) is 0 Å². The van der Waals surface area contributed by atoms with E-state index in [9.17, 15) is 4.79 Å². The van der Waals surface area contributed by atoms with E-state index in [0.29, 0.717) is 24.4 Å². The number of nitrogens with two attached hydrogens (primary N) is 1. The minimum Gasteiger partial charge on any atom is -0.481 e. The molecule has 0 radical (unpaired) electrons. The number of unbranched alkanes of at least 4 members (excludes halogenated alkanes) is 1. The number of carbonyl (C=O) groups is 1. The first-order chi connectivity index (χ1) is 8.59. The number of hydrogen-bond acceptors (Lipinski definition) is 5. The predicted molar refractivity (Wildman–Crippen MR) is 73.9 cm³/mol. The van der Waals surface area contributed by atoms with Gasteiger partial charge < -0.3 is 10.8 Å². The topological polar surface area (TPSA) is 107 Å². The fourth-order valence-corrected chi connectivity index (χ4v) is 2.46. The van der Waals surface area contributed by atoms with Gasteiger partial charge in [0.2, 0.25) is 0 Å². The van der Waals surface area contributed by atoms with Crippen molar-refractivity contribution in [1.82, 2.24) is 19.7 Å². The molecule has 7 nitrogen and oxygen atoms in total. The number of aryl methyl sites for hydroxylation is 1. The maximum absolute atomic E-state index is 10.4. The molecule has 18 heavy (non-hydrogen) atoms. The smallest absolute Gasteiger partial charge is 0.303 e. The minimum atomic E-state index is -0.776. The van der Waals surface area contributed by atoms with E-state index >= 15 is 0 Å². The summed E-state index contributed by atoms with van der Waals surface area (Å²) in [4.78, 5) is 18.5. The Morgan fingerprint density at radius 1 is 1.44 bits per heavy atom. The Bertz CT molecular complexity index is 583. The third-order valence-corrected chi connectivity index (χ3v) is 3.28. The molecule has 96 valence electrons. The lowest BCUT2D eigenvalue weighted by Gasteiger charge is -2.01. The number of hydrogen-bond donors (Lipinski definition) is 2. The van der Waals surface area contributed by atoms with Crippen LogP contribution in [0.3, 0.4) is 0 Å². The molecule has 0 spiro atoms. The van der Waals surface area contributed by atoms with Crippen molar-refractivity contribution < 1.29 is 9.90 Å². The largest absolute Gasteiger partial charge is 0.481 e. The fourth-order valence-electron chi connectivity index (χ4n) is 1.68. The van der Waals surface area contributed by atoms with Gasteiger partial charge in [-0.15, -0.1) is 0 Å². The summed E-state index contributed by atoms with van der Waals surface area (Å²) in [5.74, 6) is -0.359. The van der Waals surface area contributed by atoms with Crippen LogP contribution in [0.1, 0.15) is 19.3 Å². The summed E-state index contributed by atoms with van der Waals surface area (Å²) in [6.45, 7) is 0.628. The number of anilines is 1. The van der Waals surface area contributed by atoms with Gasteiger partial charge in [-0.25, -0.2) is 14.6 Å². The van der Waals surface area contributed by atoms with E-state index in [1.165, 1.54) is 6.33 Å². The highest BCUT2D eigenvalue weighted by Crippen LogP contribution is 2.22. The highest BCUT2D eigenvalue weighted by molar-refractivity contribution is 14.1. The maximum atomic E-state index is 10.4. The molecule has 0 saturated carbocycles. The molecule has 2 aromatic rings. The van der Waals surface area contributed by atoms with Crippen LogP contribution in [0.15, 0.2) is 6.33 Å². The second-order valence-electron chi connectivity index (χ2n) is 3.82. The Hall–Kier alpha value is -1.45. The van der Waals surface area contributed by atoms with Gasteiger partial charge in [0, 0.05) is 13.0 Å². The molecule has 0 fully saturated rings. The number of rotatable bonds is 5. The lowest BCUT2D eigenvalue weighted by atomic mass is 10.2. The monoisotopic (exact) mass is 361 g/mol. The van der Waals surface area contributed by atoms with Crippen molar-refractivity contribution in [2.24, 2.45) is 0 Å². The molecule has 3 N–H and O–H groups in total. The average molecular weight is 361 g/mol. The van der Waals surface area contributed by atoms with Gasteiger partial charge in [-0.2, -0.15) is 5.10 Å². The fraction of sp³-hybridized carbons (Fsp3) is 0.400. The van der Waals surface area contributed by atoms with Gasteiger partial charge in [0.1, 0.15) is 15.8 Å². The number of nitrogens with zero attached hydrogens (tertiary/aromatic N) is 4. The summed E-state index contributed by atoms with van der Waals surface area (Å²) in [5.41, 5.74) is 6.47. The van der Waals surface area contributed by atoms with Crippen LogP contribution in [0.2, 0.25) is 0 Å². The van der Waals surface area contributed by atoms with Crippen LogP contribution < -0.4 is 5.73 Å². The van der Waals surface area contributed by atoms with Crippen LogP contribution in [0.4, 0.5) is 5.82 Å². The molecule has 0 bridgehead atoms. The van der Waals surface area contributed by atoms with Crippen molar-refractivity contribution in [2.45, 2.75) is 25.8 Å². The zero-order valence-electron chi connectivity index (χ0n) is 9.51. The molecule has 0 aromatic carbocycles. The second kappa shape index (κ2) is 5.46. The Labute approximate surface area is 117 Å². The number of aromatic nitrogens is 4. The molecular weight excluding hydrogens is 349 g/mol. The van der Waals surface area contributed by atoms with Crippen LogP contribution in [-0.4, -0.2) is 30.8 Å². The molecule has 0 amide bonds. The molecule has 2 aromatic heterocycles. The second-order valence-corrected chi connectivity index (χ2v) is 4.84. The quantitative estimate of drug-likeness (QED) is 0.614. The lowest BCUT2D eigenvalue weighted by molar-refractivity contribution is -0.137. The van der Waals surface area contributed by atoms with Gasteiger partial charge in [0.15, 0.2) is 5.65 Å². The normalized spacial score (nSPS) is 10.9. The highest BCUT2D eigenvalue weighted by atomic mass is 127. The summed E-state index contributed by atoms with van der Waals surface area (Å²) < 4.78 is 2.51. The molecule has 0 aliphatic rings. The van der Waals surface area contributed by atoms with E-state index in [1.54, 1.807) is 4.68 Å². The van der Waals surface area contributed by atoms with E-state index in [0.717, 1.165) is 15.5 Å². The van der Waals surface area contributed by atoms with E-state index < -0.39 is 5.97 Å². The summed E-state index contributed by atoms with van der Waals surface area (Å²) >= 11 is 2.09. The lowest BCUT2D eigenvalue weighted by Crippen LogP contribution is -2.03. The number of nitrogen functional groups attached to an aromatic ring is 1. The molecular formula is C10H12IN5O2. The van der Waals surface area contributed by atoms with E-state index in [-0.39, 0.29) is 6.42 Å². The van der Waals surface area contributed by atoms with Gasteiger partial charge in [0.25, 0.3) is 0 Å². The van der Waals surface area contributed by atoms with E-state index in [1.807, 2.05) is 0 Å². The Morgan fingerprint density at radius 3 is 2.94 bits per heavy atom. The predicted octanol–water partition coefficient (Wildman–Crippen LogP) is 1.27. The van der Waals surface area contributed by atoms with Crippen molar-refractivity contribution in [3.8, 4) is 0 Å². The maximum Gasteiger partial charge on any atom is 0.303 e. The summed E-state index contributed by atoms with van der Waals surface area (Å²) in [7, 11) is 0. The molecule has 0 saturated heterocycles. The van der Waals surface area contributed by atoms with Gasteiger partial charge in [-0.3, -0.25) is 4.79 Å². The molecule has 0 unspecified atom stereocenters. The first-order valence-electron chi connectivity index (χ1n) is 5.44. The molecule has 2 heterocycles. The van der Waals surface area contributed by atoms with Crippen LogP contribution in [-0.2, 0) is 11.3 Å². The van der Waals surface area contributed by atoms with Gasteiger partial charge in [-0.1, -0.05) is 0 Å². The first-order valence-corrected chi connectivity index (χ1v) is 6.51. The molecule has 0 aliphatic carbocycles. The number of carboxylic acids is 1. The van der Waals surface area contributed by atoms with Crippen LogP contribution >= 0.6 is 22.6 Å². The minimum absolute atomic E-state index is 0.174. The summed E-state index contributed by atoms with van der Waals surface area (Å²) in [6.07, 6.45) is 2.94. The summed E-state index contributed by atoms with van der Waals surface area (Å²) in [6, 6.07) is 0. The molecule has 2 rings (SSSR count). The van der Waals surface area contributed by atoms with Crippen LogP contribution in [0.5, 0.6) is 0 Å². The third-order valence-electron chi connectivity index (χ3n) is 2.53. The third kappa shape index (κ3) is 2.68. The zero-order chi connectivity index (χ0) is 13.1. The van der Waals surface area contributed by atoms with Gasteiger partial charge >= 0.3 is 5.97 Å². The molecule has 0 aliphatic heterocycles. The Balaban J connectivity index is 2.14. The first kappa shape index (κ1) is 13.0. The Morgan fingerprint density at radius 2 is 2.22 bits per heavy atom. The van der Waals surface area contributed by atoms with Crippen LogP contribution in [0, 0.1) is 3.70 Å². The SMILES string of the molecule is Nc1ncnc2c1c(I)nn2CCCCC(=O)O. The van der Waals surface area contributed by atoms with Crippen molar-refractivity contribution >= 4 is 45.4 Å². The zero-order valence-corrected chi connectivity index (χ0v) is 11.7. The van der Waals surface area contributed by atoms with E-state index in [4.69, 9.17) is 10.8 Å². The van der Waals surface area contributed by atoms with Crippen molar-refractivity contribution in [3.63, 3.8) is 0 Å². The molecule has 0 atom stereocenters. The average Bonchev–Trinajstić information content (AvgIpc) is 2.63. The molecule has 8 heteroatoms. The van der Waals surface area contributed by atoms with Crippen molar-refractivity contribution in [2.75, 3.05) is 5.73 Å². The number of fused-ring (bicyclic) bond motifs is 1. The number of aliphatic carboxylic acids is 1. The standard InChI is InChI=1S/C10H12IN5O2/c11-8-7-9(12)13-5-14-10(7)16(15-8)4-2-1-3-6(17)18/h5H,1-4H2,(H,17,18)(H2,12,13,14). The summed E-state index contributed by atoms with van der Waals surface area (Å²) in [5, 5.41) is 13.7. The van der Waals surface area contributed by atoms with Crippen LogP contribution in [0.25, 0.3) is 11.0 Å².